The second kappa shape index (κ2) is 10.8. The van der Waals surface area contributed by atoms with Crippen LogP contribution in [0.15, 0.2) is 43.0 Å². The summed E-state index contributed by atoms with van der Waals surface area (Å²) in [6, 6.07) is 8.19. The quantitative estimate of drug-likeness (QED) is 0.400. The Kier molecular flexibility index (Phi) is 8.47. The number of benzene rings is 1. The van der Waals surface area contributed by atoms with Crippen molar-refractivity contribution in [3.8, 4) is 0 Å². The maximum absolute atomic E-state index is 12.8. The van der Waals surface area contributed by atoms with Gasteiger partial charge in [-0.25, -0.2) is 9.59 Å². The predicted octanol–water partition coefficient (Wildman–Crippen LogP) is 3.80. The number of esters is 1. The fourth-order valence-electron chi connectivity index (χ4n) is 3.50. The molecule has 1 heterocycles. The van der Waals surface area contributed by atoms with E-state index in [-0.39, 0.29) is 6.61 Å². The van der Waals surface area contributed by atoms with Gasteiger partial charge in [0.15, 0.2) is 0 Å². The molecule has 0 aromatic heterocycles. The van der Waals surface area contributed by atoms with E-state index in [2.05, 4.69) is 11.9 Å². The van der Waals surface area contributed by atoms with Gasteiger partial charge in [0.05, 0.1) is 12.1 Å². The molecule has 8 nitrogen and oxygen atoms in total. The van der Waals surface area contributed by atoms with Crippen molar-refractivity contribution in [3.05, 3.63) is 48.6 Å². The average molecular weight is 433 g/mol. The van der Waals surface area contributed by atoms with Crippen molar-refractivity contribution < 1.29 is 28.6 Å². The molecule has 1 fully saturated rings. The highest BCUT2D eigenvalue weighted by atomic mass is 16.6. The third kappa shape index (κ3) is 7.62. The van der Waals surface area contributed by atoms with Gasteiger partial charge in [0.25, 0.3) is 0 Å². The van der Waals surface area contributed by atoms with Crippen LogP contribution in [0.3, 0.4) is 0 Å². The van der Waals surface area contributed by atoms with Gasteiger partial charge < -0.3 is 24.4 Å². The Balaban J connectivity index is 2.16. The van der Waals surface area contributed by atoms with Crippen LogP contribution in [0.5, 0.6) is 0 Å². The molecule has 31 heavy (non-hydrogen) atoms. The number of hydrogen-bond donors (Lipinski definition) is 1. The molecule has 2 rings (SSSR count). The summed E-state index contributed by atoms with van der Waals surface area (Å²) in [6.07, 6.45) is 0.773. The van der Waals surface area contributed by atoms with E-state index in [1.807, 2.05) is 30.3 Å². The van der Waals surface area contributed by atoms with E-state index >= 15 is 0 Å². The van der Waals surface area contributed by atoms with Crippen molar-refractivity contribution in [2.75, 3.05) is 6.54 Å². The summed E-state index contributed by atoms with van der Waals surface area (Å²) in [5, 5.41) is 2.77. The van der Waals surface area contributed by atoms with Crippen LogP contribution < -0.4 is 5.32 Å². The van der Waals surface area contributed by atoms with Gasteiger partial charge in [-0.1, -0.05) is 36.9 Å². The standard InChI is InChI=1S/C23H32N2O6/c1-6-19(30-16(2)26)20(24-21(27)31-23(3,4)5)18-13-10-14-25(18)22(28)29-15-17-11-8-7-9-12-17/h6-9,11-12,18-20H,1,10,13-15H2,2-5H3,(H,24,27)/t18-,19+,20-/m0/s1. The highest BCUT2D eigenvalue weighted by molar-refractivity contribution is 5.71. The zero-order chi connectivity index (χ0) is 23.0. The average Bonchev–Trinajstić information content (AvgIpc) is 3.17. The number of ether oxygens (including phenoxy) is 3. The summed E-state index contributed by atoms with van der Waals surface area (Å²) >= 11 is 0. The molecular weight excluding hydrogens is 400 g/mol. The number of nitrogens with one attached hydrogen (secondary N) is 1. The van der Waals surface area contributed by atoms with E-state index in [4.69, 9.17) is 14.2 Å². The summed E-state index contributed by atoms with van der Waals surface area (Å²) in [6.45, 7) is 10.9. The largest absolute Gasteiger partial charge is 0.456 e. The van der Waals surface area contributed by atoms with Gasteiger partial charge in [-0.3, -0.25) is 4.79 Å². The third-order valence-electron chi connectivity index (χ3n) is 4.73. The molecule has 1 aliphatic rings. The van der Waals surface area contributed by atoms with Gasteiger partial charge >= 0.3 is 18.2 Å². The van der Waals surface area contributed by atoms with E-state index < -0.39 is 41.9 Å². The predicted molar refractivity (Wildman–Crippen MR) is 115 cm³/mol. The first kappa shape index (κ1) is 24.2. The van der Waals surface area contributed by atoms with Crippen molar-refractivity contribution in [1.82, 2.24) is 10.2 Å². The number of carbonyl (C=O) groups is 3. The van der Waals surface area contributed by atoms with Crippen LogP contribution in [0.25, 0.3) is 0 Å². The Hall–Kier alpha value is -3.03. The molecular formula is C23H32N2O6. The Morgan fingerprint density at radius 1 is 1.26 bits per heavy atom. The van der Waals surface area contributed by atoms with Crippen molar-refractivity contribution in [3.63, 3.8) is 0 Å². The lowest BCUT2D eigenvalue weighted by Gasteiger charge is -2.35. The monoisotopic (exact) mass is 432 g/mol. The maximum Gasteiger partial charge on any atom is 0.410 e. The Morgan fingerprint density at radius 2 is 1.94 bits per heavy atom. The first-order valence-corrected chi connectivity index (χ1v) is 10.4. The number of amides is 2. The van der Waals surface area contributed by atoms with Gasteiger partial charge in [0.2, 0.25) is 0 Å². The Labute approximate surface area is 183 Å². The molecule has 0 bridgehead atoms. The van der Waals surface area contributed by atoms with Crippen LogP contribution in [0.4, 0.5) is 9.59 Å². The Bertz CT molecular complexity index is 774. The highest BCUT2D eigenvalue weighted by Gasteiger charge is 2.41. The van der Waals surface area contributed by atoms with Crippen LogP contribution in [0, 0.1) is 0 Å². The molecule has 1 saturated heterocycles. The normalized spacial score (nSPS) is 17.9. The minimum absolute atomic E-state index is 0.141. The van der Waals surface area contributed by atoms with E-state index in [0.29, 0.717) is 13.0 Å². The fraction of sp³-hybridized carbons (Fsp3) is 0.522. The molecule has 170 valence electrons. The molecule has 8 heteroatoms. The molecule has 0 radical (unpaired) electrons. The lowest BCUT2D eigenvalue weighted by atomic mass is 9.99. The smallest absolute Gasteiger partial charge is 0.410 e. The Morgan fingerprint density at radius 3 is 2.52 bits per heavy atom. The second-order valence-electron chi connectivity index (χ2n) is 8.42. The van der Waals surface area contributed by atoms with Gasteiger partial charge in [-0.15, -0.1) is 0 Å². The number of hydrogen-bond acceptors (Lipinski definition) is 6. The minimum atomic E-state index is -0.836. The molecule has 3 atom stereocenters. The van der Waals surface area contributed by atoms with Crippen LogP contribution >= 0.6 is 0 Å². The fourth-order valence-corrected chi connectivity index (χ4v) is 3.50. The van der Waals surface area contributed by atoms with E-state index in [9.17, 15) is 14.4 Å². The van der Waals surface area contributed by atoms with Crippen LogP contribution in [0.1, 0.15) is 46.1 Å². The molecule has 1 aliphatic heterocycles. The van der Waals surface area contributed by atoms with Gasteiger partial charge in [-0.05, 0) is 45.3 Å². The SMILES string of the molecule is C=C[C@@H](OC(C)=O)[C@@H](NC(=O)OC(C)(C)C)[C@@H]1CCCN1C(=O)OCc1ccccc1. The number of carbonyl (C=O) groups excluding carboxylic acids is 3. The molecule has 0 spiro atoms. The zero-order valence-electron chi connectivity index (χ0n) is 18.6. The molecule has 2 amide bonds. The van der Waals surface area contributed by atoms with Crippen molar-refractivity contribution >= 4 is 18.2 Å². The second-order valence-corrected chi connectivity index (χ2v) is 8.42. The summed E-state index contributed by atoms with van der Waals surface area (Å²) < 4.78 is 16.2. The lowest BCUT2D eigenvalue weighted by molar-refractivity contribution is -0.146. The third-order valence-corrected chi connectivity index (χ3v) is 4.73. The molecule has 1 N–H and O–H groups in total. The summed E-state index contributed by atoms with van der Waals surface area (Å²) in [5.41, 5.74) is 0.169. The molecule has 1 aromatic carbocycles. The number of nitrogens with zero attached hydrogens (tertiary/aromatic N) is 1. The first-order chi connectivity index (χ1) is 14.6. The first-order valence-electron chi connectivity index (χ1n) is 10.4. The zero-order valence-corrected chi connectivity index (χ0v) is 18.6. The summed E-state index contributed by atoms with van der Waals surface area (Å²) in [7, 11) is 0. The van der Waals surface area contributed by atoms with Crippen molar-refractivity contribution in [2.24, 2.45) is 0 Å². The van der Waals surface area contributed by atoms with E-state index in [1.165, 1.54) is 13.0 Å². The van der Waals surface area contributed by atoms with Gasteiger partial charge in [0, 0.05) is 13.5 Å². The number of alkyl carbamates (subject to hydrolysis) is 1. The van der Waals surface area contributed by atoms with Crippen LogP contribution in [-0.4, -0.2) is 53.4 Å². The summed E-state index contributed by atoms with van der Waals surface area (Å²) in [4.78, 5) is 38.4. The van der Waals surface area contributed by atoms with Crippen LogP contribution in [-0.2, 0) is 25.6 Å². The van der Waals surface area contributed by atoms with Crippen LogP contribution in [0.2, 0.25) is 0 Å². The van der Waals surface area contributed by atoms with E-state index in [0.717, 1.165) is 12.0 Å². The van der Waals surface area contributed by atoms with Gasteiger partial charge in [0.1, 0.15) is 18.3 Å². The topological polar surface area (TPSA) is 94.2 Å². The number of likely N-dealkylation sites (tertiary alicyclic amines) is 1. The molecule has 1 aromatic rings. The molecule has 0 unspecified atom stereocenters. The lowest BCUT2D eigenvalue weighted by Crippen LogP contribution is -2.57. The molecule has 0 saturated carbocycles. The summed E-state index contributed by atoms with van der Waals surface area (Å²) in [5.74, 6) is -0.517. The molecule has 0 aliphatic carbocycles. The van der Waals surface area contributed by atoms with Gasteiger partial charge in [-0.2, -0.15) is 0 Å². The van der Waals surface area contributed by atoms with Crippen molar-refractivity contribution in [1.29, 1.82) is 0 Å². The minimum Gasteiger partial charge on any atom is -0.456 e. The number of rotatable bonds is 7. The maximum atomic E-state index is 12.8. The van der Waals surface area contributed by atoms with Crippen molar-refractivity contribution in [2.45, 2.75) is 70.9 Å². The van der Waals surface area contributed by atoms with E-state index in [1.54, 1.807) is 25.7 Å². The highest BCUT2D eigenvalue weighted by Crippen LogP contribution is 2.25.